The van der Waals surface area contributed by atoms with E-state index in [0.29, 0.717) is 36.1 Å². The standard InChI is InChI=1S/C17H27NO6/c1-6-18(7-2)8-9-23-16(19)12-24-13-10-14(20-3)17(22-5)15(11-13)21-4/h10-11H,6-9,12H2,1-5H3. The zero-order chi connectivity index (χ0) is 17.9. The second-order valence-corrected chi connectivity index (χ2v) is 4.90. The van der Waals surface area contributed by atoms with Crippen LogP contribution >= 0.6 is 0 Å². The van der Waals surface area contributed by atoms with Gasteiger partial charge in [0.15, 0.2) is 18.1 Å². The fourth-order valence-electron chi connectivity index (χ4n) is 2.15. The lowest BCUT2D eigenvalue weighted by Gasteiger charge is -2.17. The molecule has 0 unspecified atom stereocenters. The molecule has 24 heavy (non-hydrogen) atoms. The van der Waals surface area contributed by atoms with Gasteiger partial charge in [0.25, 0.3) is 0 Å². The van der Waals surface area contributed by atoms with Crippen molar-refractivity contribution in [2.24, 2.45) is 0 Å². The van der Waals surface area contributed by atoms with E-state index in [1.54, 1.807) is 12.1 Å². The van der Waals surface area contributed by atoms with Crippen molar-refractivity contribution < 1.29 is 28.5 Å². The largest absolute Gasteiger partial charge is 0.493 e. The number of benzene rings is 1. The normalized spacial score (nSPS) is 10.4. The smallest absolute Gasteiger partial charge is 0.344 e. The molecule has 0 fully saturated rings. The Hall–Kier alpha value is -2.15. The Kier molecular flexibility index (Phi) is 8.78. The molecule has 7 heteroatoms. The summed E-state index contributed by atoms with van der Waals surface area (Å²) >= 11 is 0. The fourth-order valence-corrected chi connectivity index (χ4v) is 2.15. The van der Waals surface area contributed by atoms with E-state index in [4.69, 9.17) is 23.7 Å². The first-order chi connectivity index (χ1) is 11.6. The summed E-state index contributed by atoms with van der Waals surface area (Å²) in [5.74, 6) is 1.40. The summed E-state index contributed by atoms with van der Waals surface area (Å²) in [5.41, 5.74) is 0. The number of esters is 1. The van der Waals surface area contributed by atoms with E-state index in [0.717, 1.165) is 13.1 Å². The van der Waals surface area contributed by atoms with Gasteiger partial charge in [0.2, 0.25) is 5.75 Å². The molecule has 0 amide bonds. The number of methoxy groups -OCH3 is 3. The Bertz CT molecular complexity index is 491. The molecule has 0 aliphatic rings. The highest BCUT2D eigenvalue weighted by molar-refractivity contribution is 5.71. The van der Waals surface area contributed by atoms with Crippen LogP contribution in [0, 0.1) is 0 Å². The zero-order valence-electron chi connectivity index (χ0n) is 15.1. The molecule has 1 aromatic carbocycles. The van der Waals surface area contributed by atoms with E-state index < -0.39 is 5.97 Å². The second-order valence-electron chi connectivity index (χ2n) is 4.90. The number of carbonyl (C=O) groups excluding carboxylic acids is 1. The molecule has 7 nitrogen and oxygen atoms in total. The molecule has 0 aromatic heterocycles. The third-order valence-corrected chi connectivity index (χ3v) is 3.56. The van der Waals surface area contributed by atoms with Crippen LogP contribution in [0.4, 0.5) is 0 Å². The van der Waals surface area contributed by atoms with Gasteiger partial charge in [-0.25, -0.2) is 4.79 Å². The minimum atomic E-state index is -0.420. The Morgan fingerprint density at radius 1 is 1.00 bits per heavy atom. The van der Waals surface area contributed by atoms with Crippen molar-refractivity contribution in [1.29, 1.82) is 0 Å². The molecule has 0 spiro atoms. The molecule has 0 radical (unpaired) electrons. The monoisotopic (exact) mass is 341 g/mol. The van der Waals surface area contributed by atoms with Crippen LogP contribution in [0.25, 0.3) is 0 Å². The minimum Gasteiger partial charge on any atom is -0.493 e. The average molecular weight is 341 g/mol. The van der Waals surface area contributed by atoms with Gasteiger partial charge < -0.3 is 28.6 Å². The number of ether oxygens (including phenoxy) is 5. The van der Waals surface area contributed by atoms with Crippen molar-refractivity contribution in [2.75, 3.05) is 54.2 Å². The predicted octanol–water partition coefficient (Wildman–Crippen LogP) is 1.98. The number of nitrogens with zero attached hydrogens (tertiary/aromatic N) is 1. The van der Waals surface area contributed by atoms with E-state index in [2.05, 4.69) is 18.7 Å². The van der Waals surface area contributed by atoms with Crippen LogP contribution in [0.15, 0.2) is 12.1 Å². The van der Waals surface area contributed by atoms with Crippen molar-refractivity contribution in [3.63, 3.8) is 0 Å². The average Bonchev–Trinajstić information content (AvgIpc) is 2.62. The summed E-state index contributed by atoms with van der Waals surface area (Å²) in [5, 5.41) is 0. The van der Waals surface area contributed by atoms with Crippen LogP contribution in [0.2, 0.25) is 0 Å². The Balaban J connectivity index is 2.56. The highest BCUT2D eigenvalue weighted by Gasteiger charge is 2.15. The Morgan fingerprint density at radius 3 is 2.04 bits per heavy atom. The summed E-state index contributed by atoms with van der Waals surface area (Å²) in [4.78, 5) is 13.9. The van der Waals surface area contributed by atoms with Gasteiger partial charge in [-0.15, -0.1) is 0 Å². The summed E-state index contributed by atoms with van der Waals surface area (Å²) < 4.78 is 26.3. The Labute approximate surface area is 143 Å². The van der Waals surface area contributed by atoms with Crippen LogP contribution < -0.4 is 18.9 Å². The zero-order valence-corrected chi connectivity index (χ0v) is 15.1. The first-order valence-corrected chi connectivity index (χ1v) is 7.90. The number of likely N-dealkylation sites (N-methyl/N-ethyl adjacent to an activating group) is 1. The highest BCUT2D eigenvalue weighted by Crippen LogP contribution is 2.40. The lowest BCUT2D eigenvalue weighted by atomic mass is 10.2. The maximum absolute atomic E-state index is 11.8. The van der Waals surface area contributed by atoms with Gasteiger partial charge in [-0.3, -0.25) is 0 Å². The first kappa shape index (κ1) is 19.9. The number of hydrogen-bond donors (Lipinski definition) is 0. The molecule has 0 saturated carbocycles. The van der Waals surface area contributed by atoms with E-state index >= 15 is 0 Å². The molecule has 0 aliphatic carbocycles. The SMILES string of the molecule is CCN(CC)CCOC(=O)COc1cc(OC)c(OC)c(OC)c1. The van der Waals surface area contributed by atoms with E-state index in [9.17, 15) is 4.79 Å². The maximum atomic E-state index is 11.8. The topological polar surface area (TPSA) is 66.5 Å². The quantitative estimate of drug-likeness (QED) is 0.570. The maximum Gasteiger partial charge on any atom is 0.344 e. The number of carbonyl (C=O) groups is 1. The van der Waals surface area contributed by atoms with Crippen LogP contribution in [-0.4, -0.2) is 65.0 Å². The summed E-state index contributed by atoms with van der Waals surface area (Å²) in [6.07, 6.45) is 0. The predicted molar refractivity (Wildman–Crippen MR) is 90.3 cm³/mol. The molecule has 0 bridgehead atoms. The molecule has 1 aromatic rings. The van der Waals surface area contributed by atoms with Crippen molar-refractivity contribution in [1.82, 2.24) is 4.90 Å². The molecule has 0 N–H and O–H groups in total. The molecular weight excluding hydrogens is 314 g/mol. The second kappa shape index (κ2) is 10.6. The molecule has 0 atom stereocenters. The minimum absolute atomic E-state index is 0.184. The number of hydrogen-bond acceptors (Lipinski definition) is 7. The fraction of sp³-hybridized carbons (Fsp3) is 0.588. The lowest BCUT2D eigenvalue weighted by molar-refractivity contribution is -0.146. The van der Waals surface area contributed by atoms with Gasteiger partial charge >= 0.3 is 5.97 Å². The molecule has 1 rings (SSSR count). The molecule has 0 saturated heterocycles. The third-order valence-electron chi connectivity index (χ3n) is 3.56. The van der Waals surface area contributed by atoms with Gasteiger partial charge in [-0.05, 0) is 13.1 Å². The van der Waals surface area contributed by atoms with Gasteiger partial charge in [0.1, 0.15) is 12.4 Å². The van der Waals surface area contributed by atoms with E-state index in [-0.39, 0.29) is 6.61 Å². The summed E-state index contributed by atoms with van der Waals surface area (Å²) in [7, 11) is 4.55. The van der Waals surface area contributed by atoms with Crippen LogP contribution in [0.3, 0.4) is 0 Å². The molecule has 0 heterocycles. The first-order valence-electron chi connectivity index (χ1n) is 7.90. The molecular formula is C17H27NO6. The lowest BCUT2D eigenvalue weighted by Crippen LogP contribution is -2.28. The summed E-state index contributed by atoms with van der Waals surface area (Å²) in [6.45, 7) is 6.86. The highest BCUT2D eigenvalue weighted by atomic mass is 16.6. The van der Waals surface area contributed by atoms with Crippen molar-refractivity contribution in [2.45, 2.75) is 13.8 Å². The van der Waals surface area contributed by atoms with E-state index in [1.807, 2.05) is 0 Å². The van der Waals surface area contributed by atoms with Crippen molar-refractivity contribution >= 4 is 5.97 Å². The number of rotatable bonds is 11. The van der Waals surface area contributed by atoms with E-state index in [1.165, 1.54) is 21.3 Å². The molecule has 136 valence electrons. The third kappa shape index (κ3) is 5.81. The van der Waals surface area contributed by atoms with Crippen molar-refractivity contribution in [3.8, 4) is 23.0 Å². The van der Waals surface area contributed by atoms with Gasteiger partial charge in [-0.2, -0.15) is 0 Å². The van der Waals surface area contributed by atoms with Crippen LogP contribution in [0.5, 0.6) is 23.0 Å². The Morgan fingerprint density at radius 2 is 1.58 bits per heavy atom. The van der Waals surface area contributed by atoms with Gasteiger partial charge in [0.05, 0.1) is 21.3 Å². The van der Waals surface area contributed by atoms with Gasteiger partial charge in [-0.1, -0.05) is 13.8 Å². The molecule has 0 aliphatic heterocycles. The van der Waals surface area contributed by atoms with Crippen LogP contribution in [-0.2, 0) is 9.53 Å². The van der Waals surface area contributed by atoms with Crippen molar-refractivity contribution in [3.05, 3.63) is 12.1 Å². The summed E-state index contributed by atoms with van der Waals surface area (Å²) in [6, 6.07) is 3.26. The van der Waals surface area contributed by atoms with Crippen LogP contribution in [0.1, 0.15) is 13.8 Å². The van der Waals surface area contributed by atoms with Gasteiger partial charge in [0, 0.05) is 18.7 Å².